The van der Waals surface area contributed by atoms with Gasteiger partial charge in [-0.05, 0) is 38.5 Å². The van der Waals surface area contributed by atoms with E-state index in [0.29, 0.717) is 12.6 Å². The highest BCUT2D eigenvalue weighted by Gasteiger charge is 2.54. The molecule has 2 saturated heterocycles. The molecule has 0 aromatic carbocycles. The van der Waals surface area contributed by atoms with Crippen LogP contribution in [0.4, 0.5) is 0 Å². The summed E-state index contributed by atoms with van der Waals surface area (Å²) in [6.45, 7) is 1.58. The number of hydrogen-bond donors (Lipinski definition) is 1. The van der Waals surface area contributed by atoms with Gasteiger partial charge in [-0.1, -0.05) is 0 Å². The van der Waals surface area contributed by atoms with E-state index in [0.717, 1.165) is 45.1 Å². The summed E-state index contributed by atoms with van der Waals surface area (Å²) in [5.41, 5.74) is 4.93. The Balaban J connectivity index is 0.00000133. The Morgan fingerprint density at radius 1 is 1.26 bits per heavy atom. The maximum Gasteiger partial charge on any atom is 0.248 e. The maximum atomic E-state index is 12.8. The first-order valence-electron chi connectivity index (χ1n) is 7.01. The quantitative estimate of drug-likeness (QED) is 0.805. The molecule has 1 saturated carbocycles. The van der Waals surface area contributed by atoms with Crippen LogP contribution < -0.4 is 5.73 Å². The van der Waals surface area contributed by atoms with Crippen LogP contribution in [0.15, 0.2) is 0 Å². The van der Waals surface area contributed by atoms with Gasteiger partial charge < -0.3 is 15.5 Å². The van der Waals surface area contributed by atoms with Crippen molar-refractivity contribution >= 4 is 24.2 Å². The van der Waals surface area contributed by atoms with Gasteiger partial charge in [-0.3, -0.25) is 9.59 Å². The Kier molecular flexibility index (Phi) is 4.06. The number of halogens is 1. The van der Waals surface area contributed by atoms with Crippen molar-refractivity contribution in [1.82, 2.24) is 9.80 Å². The van der Waals surface area contributed by atoms with Gasteiger partial charge in [-0.25, -0.2) is 0 Å². The molecular weight excluding hydrogens is 266 g/mol. The molecule has 0 aromatic rings. The zero-order valence-corrected chi connectivity index (χ0v) is 12.0. The number of carbonyl (C=O) groups is 2. The van der Waals surface area contributed by atoms with Crippen molar-refractivity contribution in [2.75, 3.05) is 19.6 Å². The van der Waals surface area contributed by atoms with Crippen molar-refractivity contribution < 1.29 is 9.59 Å². The summed E-state index contributed by atoms with van der Waals surface area (Å²) in [5, 5.41) is 0. The van der Waals surface area contributed by atoms with E-state index in [2.05, 4.69) is 0 Å². The van der Waals surface area contributed by atoms with Gasteiger partial charge in [0.05, 0.1) is 6.54 Å². The molecular formula is C13H22ClN3O2. The zero-order chi connectivity index (χ0) is 12.8. The van der Waals surface area contributed by atoms with E-state index >= 15 is 0 Å². The molecule has 3 rings (SSSR count). The molecule has 0 radical (unpaired) electrons. The predicted octanol–water partition coefficient (Wildman–Crippen LogP) is 0.513. The summed E-state index contributed by atoms with van der Waals surface area (Å²) in [5.74, 6) is 0.119. The summed E-state index contributed by atoms with van der Waals surface area (Å²) in [6.07, 6.45) is 5.84. The van der Waals surface area contributed by atoms with Gasteiger partial charge >= 0.3 is 0 Å². The molecule has 1 atom stereocenters. The van der Waals surface area contributed by atoms with E-state index in [-0.39, 0.29) is 30.8 Å². The van der Waals surface area contributed by atoms with Crippen molar-refractivity contribution in [2.45, 2.75) is 50.1 Å². The van der Waals surface area contributed by atoms with E-state index in [1.165, 1.54) is 0 Å². The Morgan fingerprint density at radius 2 is 1.89 bits per heavy atom. The third-order valence-corrected chi connectivity index (χ3v) is 4.60. The average molecular weight is 288 g/mol. The Labute approximate surface area is 119 Å². The first kappa shape index (κ1) is 14.6. The number of nitrogens with two attached hydrogens (primary N) is 1. The Hall–Kier alpha value is -0.810. The molecule has 2 heterocycles. The number of amides is 2. The van der Waals surface area contributed by atoms with Crippen LogP contribution in [0.5, 0.6) is 0 Å². The monoisotopic (exact) mass is 287 g/mol. The molecule has 6 heteroatoms. The van der Waals surface area contributed by atoms with Crippen LogP contribution in [-0.2, 0) is 9.59 Å². The minimum Gasteiger partial charge on any atom is -0.338 e. The molecule has 108 valence electrons. The molecule has 1 spiro atoms. The van der Waals surface area contributed by atoms with Crippen LogP contribution in [0.3, 0.4) is 0 Å². The van der Waals surface area contributed by atoms with Crippen molar-refractivity contribution in [3.05, 3.63) is 0 Å². The van der Waals surface area contributed by atoms with Crippen LogP contribution in [0.25, 0.3) is 0 Å². The molecule has 5 nitrogen and oxygen atoms in total. The summed E-state index contributed by atoms with van der Waals surface area (Å²) in [7, 11) is 0. The normalized spacial score (nSPS) is 30.7. The fourth-order valence-electron chi connectivity index (χ4n) is 3.59. The summed E-state index contributed by atoms with van der Waals surface area (Å²) >= 11 is 0. The molecule has 2 N–H and O–H groups in total. The van der Waals surface area contributed by atoms with Crippen LogP contribution >= 0.6 is 12.4 Å². The average Bonchev–Trinajstić information content (AvgIpc) is 3.13. The lowest BCUT2D eigenvalue weighted by molar-refractivity contribution is -0.155. The van der Waals surface area contributed by atoms with E-state index in [1.54, 1.807) is 4.90 Å². The second kappa shape index (κ2) is 5.29. The van der Waals surface area contributed by atoms with Gasteiger partial charge in [0.1, 0.15) is 5.54 Å². The zero-order valence-electron chi connectivity index (χ0n) is 11.1. The lowest BCUT2D eigenvalue weighted by Gasteiger charge is -2.44. The SMILES string of the molecule is Cl.NCC(=O)N1CCCC12CCCN(C1CC1)C2=O. The van der Waals surface area contributed by atoms with Gasteiger partial charge in [0.25, 0.3) is 0 Å². The van der Waals surface area contributed by atoms with Gasteiger partial charge in [-0.15, -0.1) is 12.4 Å². The molecule has 1 unspecified atom stereocenters. The molecule has 0 bridgehead atoms. The van der Waals surface area contributed by atoms with Crippen LogP contribution in [0.1, 0.15) is 38.5 Å². The predicted molar refractivity (Wildman–Crippen MR) is 73.9 cm³/mol. The van der Waals surface area contributed by atoms with Crippen molar-refractivity contribution in [3.8, 4) is 0 Å². The third-order valence-electron chi connectivity index (χ3n) is 4.60. The number of piperidine rings is 1. The number of carbonyl (C=O) groups excluding carboxylic acids is 2. The van der Waals surface area contributed by atoms with Crippen LogP contribution in [0, 0.1) is 0 Å². The molecule has 2 amide bonds. The topological polar surface area (TPSA) is 66.6 Å². The molecule has 3 fully saturated rings. The fourth-order valence-corrected chi connectivity index (χ4v) is 3.59. The number of nitrogens with zero attached hydrogens (tertiary/aromatic N) is 2. The van der Waals surface area contributed by atoms with Crippen LogP contribution in [-0.4, -0.2) is 52.8 Å². The van der Waals surface area contributed by atoms with E-state index in [4.69, 9.17) is 5.73 Å². The Bertz CT molecular complexity index is 386. The molecule has 3 aliphatic rings. The van der Waals surface area contributed by atoms with Gasteiger partial charge in [0, 0.05) is 19.1 Å². The van der Waals surface area contributed by atoms with Gasteiger partial charge in [0.2, 0.25) is 11.8 Å². The second-order valence-corrected chi connectivity index (χ2v) is 5.72. The minimum atomic E-state index is -0.544. The number of likely N-dealkylation sites (tertiary alicyclic amines) is 2. The van der Waals surface area contributed by atoms with Gasteiger partial charge in [0.15, 0.2) is 0 Å². The largest absolute Gasteiger partial charge is 0.338 e. The number of rotatable bonds is 2. The molecule has 2 aliphatic heterocycles. The molecule has 1 aliphatic carbocycles. The molecule has 0 aromatic heterocycles. The minimum absolute atomic E-state index is 0. The Morgan fingerprint density at radius 3 is 2.47 bits per heavy atom. The standard InChI is InChI=1S/C13H21N3O2.ClH/c14-9-11(17)16-8-2-6-13(16)5-1-7-15(12(13)18)10-3-4-10;/h10H,1-9,14H2;1H. The summed E-state index contributed by atoms with van der Waals surface area (Å²) < 4.78 is 0. The number of hydrogen-bond acceptors (Lipinski definition) is 3. The van der Waals surface area contributed by atoms with Crippen molar-refractivity contribution in [2.24, 2.45) is 5.73 Å². The highest BCUT2D eigenvalue weighted by molar-refractivity contribution is 5.93. The maximum absolute atomic E-state index is 12.8. The first-order valence-corrected chi connectivity index (χ1v) is 7.01. The van der Waals surface area contributed by atoms with Crippen LogP contribution in [0.2, 0.25) is 0 Å². The van der Waals surface area contributed by atoms with E-state index in [1.807, 2.05) is 4.90 Å². The lowest BCUT2D eigenvalue weighted by atomic mass is 9.85. The van der Waals surface area contributed by atoms with Crippen molar-refractivity contribution in [1.29, 1.82) is 0 Å². The molecule has 19 heavy (non-hydrogen) atoms. The lowest BCUT2D eigenvalue weighted by Crippen LogP contribution is -2.62. The third kappa shape index (κ3) is 2.23. The van der Waals surface area contributed by atoms with E-state index in [9.17, 15) is 9.59 Å². The second-order valence-electron chi connectivity index (χ2n) is 5.72. The van der Waals surface area contributed by atoms with Crippen molar-refractivity contribution in [3.63, 3.8) is 0 Å². The summed E-state index contributed by atoms with van der Waals surface area (Å²) in [4.78, 5) is 28.5. The first-order chi connectivity index (χ1) is 8.69. The summed E-state index contributed by atoms with van der Waals surface area (Å²) in [6, 6.07) is 0.449. The highest BCUT2D eigenvalue weighted by atomic mass is 35.5. The highest BCUT2D eigenvalue weighted by Crippen LogP contribution is 2.41. The van der Waals surface area contributed by atoms with E-state index < -0.39 is 5.54 Å². The smallest absolute Gasteiger partial charge is 0.248 e. The van der Waals surface area contributed by atoms with Gasteiger partial charge in [-0.2, -0.15) is 0 Å². The fraction of sp³-hybridized carbons (Fsp3) is 0.846.